The molecular formula is C13H14FNO3. The summed E-state index contributed by atoms with van der Waals surface area (Å²) in [7, 11) is 0. The van der Waals surface area contributed by atoms with Gasteiger partial charge in [0.05, 0.1) is 6.61 Å². The monoisotopic (exact) mass is 251 g/mol. The van der Waals surface area contributed by atoms with E-state index in [-0.39, 0.29) is 18.9 Å². The van der Waals surface area contributed by atoms with Crippen molar-refractivity contribution in [1.29, 1.82) is 0 Å². The maximum atomic E-state index is 13.7. The van der Waals surface area contributed by atoms with Crippen molar-refractivity contribution in [1.82, 2.24) is 5.32 Å². The molecule has 96 valence electrons. The summed E-state index contributed by atoms with van der Waals surface area (Å²) in [5, 5.41) is 2.53. The molecule has 1 aromatic rings. The van der Waals surface area contributed by atoms with Crippen LogP contribution in [-0.2, 0) is 14.3 Å². The van der Waals surface area contributed by atoms with Crippen molar-refractivity contribution in [3.63, 3.8) is 0 Å². The van der Waals surface area contributed by atoms with Gasteiger partial charge in [-0.3, -0.25) is 4.79 Å². The van der Waals surface area contributed by atoms with Crippen molar-refractivity contribution >= 4 is 11.9 Å². The van der Waals surface area contributed by atoms with Gasteiger partial charge in [-0.2, -0.15) is 0 Å². The first-order valence-corrected chi connectivity index (χ1v) is 5.84. The van der Waals surface area contributed by atoms with E-state index in [4.69, 9.17) is 4.74 Å². The van der Waals surface area contributed by atoms with Gasteiger partial charge in [0.1, 0.15) is 11.9 Å². The lowest BCUT2D eigenvalue weighted by Crippen LogP contribution is -2.37. The summed E-state index contributed by atoms with van der Waals surface area (Å²) in [5.74, 6) is -1.69. The predicted molar refractivity (Wildman–Crippen MR) is 62.3 cm³/mol. The van der Waals surface area contributed by atoms with Gasteiger partial charge < -0.3 is 10.1 Å². The third-order valence-corrected chi connectivity index (χ3v) is 2.97. The largest absolute Gasteiger partial charge is 0.464 e. The molecule has 1 aliphatic heterocycles. The molecule has 1 saturated heterocycles. The van der Waals surface area contributed by atoms with Crippen LogP contribution < -0.4 is 5.32 Å². The molecule has 4 nitrogen and oxygen atoms in total. The summed E-state index contributed by atoms with van der Waals surface area (Å²) in [5.41, 5.74) is 0.369. The Labute approximate surface area is 104 Å². The minimum Gasteiger partial charge on any atom is -0.464 e. The highest BCUT2D eigenvalue weighted by atomic mass is 19.1. The van der Waals surface area contributed by atoms with Gasteiger partial charge in [-0.1, -0.05) is 18.2 Å². The van der Waals surface area contributed by atoms with E-state index in [2.05, 4.69) is 5.32 Å². The van der Waals surface area contributed by atoms with Crippen LogP contribution >= 0.6 is 0 Å². The van der Waals surface area contributed by atoms with Crippen molar-refractivity contribution in [2.24, 2.45) is 0 Å². The summed E-state index contributed by atoms with van der Waals surface area (Å²) < 4.78 is 18.6. The molecule has 5 heteroatoms. The molecule has 1 fully saturated rings. The molecule has 2 rings (SSSR count). The van der Waals surface area contributed by atoms with Crippen LogP contribution in [0.2, 0.25) is 0 Å². The molecule has 2 unspecified atom stereocenters. The Morgan fingerprint density at radius 3 is 2.89 bits per heavy atom. The van der Waals surface area contributed by atoms with Crippen molar-refractivity contribution in [3.8, 4) is 0 Å². The number of esters is 1. The maximum Gasteiger partial charge on any atom is 0.329 e. The summed E-state index contributed by atoms with van der Waals surface area (Å²) >= 11 is 0. The number of hydrogen-bond donors (Lipinski definition) is 1. The quantitative estimate of drug-likeness (QED) is 0.825. The van der Waals surface area contributed by atoms with E-state index in [1.165, 1.54) is 6.07 Å². The first-order chi connectivity index (χ1) is 8.63. The zero-order valence-corrected chi connectivity index (χ0v) is 9.98. The molecule has 1 amide bonds. The normalized spacial score (nSPS) is 22.7. The number of rotatable bonds is 3. The molecule has 0 radical (unpaired) electrons. The van der Waals surface area contributed by atoms with Crippen LogP contribution in [0, 0.1) is 5.82 Å². The highest BCUT2D eigenvalue weighted by Crippen LogP contribution is 2.30. The van der Waals surface area contributed by atoms with E-state index in [1.54, 1.807) is 25.1 Å². The zero-order chi connectivity index (χ0) is 13.1. The lowest BCUT2D eigenvalue weighted by atomic mass is 9.91. The van der Waals surface area contributed by atoms with Gasteiger partial charge in [0, 0.05) is 12.3 Å². The fraction of sp³-hybridized carbons (Fsp3) is 0.385. The lowest BCUT2D eigenvalue weighted by molar-refractivity contribution is -0.146. The molecule has 0 saturated carbocycles. The number of nitrogens with one attached hydrogen (secondary N) is 1. The Bertz CT molecular complexity index is 475. The number of carbonyl (C=O) groups excluding carboxylic acids is 2. The molecule has 18 heavy (non-hydrogen) atoms. The Morgan fingerprint density at radius 2 is 2.22 bits per heavy atom. The number of benzene rings is 1. The molecule has 2 atom stereocenters. The second kappa shape index (κ2) is 5.16. The third kappa shape index (κ3) is 2.34. The van der Waals surface area contributed by atoms with E-state index < -0.39 is 23.7 Å². The van der Waals surface area contributed by atoms with E-state index in [9.17, 15) is 14.0 Å². The van der Waals surface area contributed by atoms with Gasteiger partial charge in [0.2, 0.25) is 5.91 Å². The molecule has 1 N–H and O–H groups in total. The minimum absolute atomic E-state index is 0.102. The first-order valence-electron chi connectivity index (χ1n) is 5.84. The minimum atomic E-state index is -0.797. The first kappa shape index (κ1) is 12.5. The third-order valence-electron chi connectivity index (χ3n) is 2.97. The lowest BCUT2D eigenvalue weighted by Gasteiger charge is -2.17. The second-order valence-corrected chi connectivity index (χ2v) is 4.13. The fourth-order valence-corrected chi connectivity index (χ4v) is 2.17. The predicted octanol–water partition coefficient (Wildman–Crippen LogP) is 1.36. The Morgan fingerprint density at radius 1 is 1.50 bits per heavy atom. The topological polar surface area (TPSA) is 55.4 Å². The number of amides is 1. The van der Waals surface area contributed by atoms with Crippen LogP contribution in [0.4, 0.5) is 4.39 Å². The van der Waals surface area contributed by atoms with Gasteiger partial charge in [-0.25, -0.2) is 9.18 Å². The Hall–Kier alpha value is -1.91. The summed E-state index contributed by atoms with van der Waals surface area (Å²) in [6.07, 6.45) is 0.102. The number of ether oxygens (including phenoxy) is 1. The van der Waals surface area contributed by atoms with Crippen LogP contribution in [0.3, 0.4) is 0 Å². The maximum absolute atomic E-state index is 13.7. The van der Waals surface area contributed by atoms with Crippen molar-refractivity contribution < 1.29 is 18.7 Å². The summed E-state index contributed by atoms with van der Waals surface area (Å²) in [4.78, 5) is 23.1. The van der Waals surface area contributed by atoms with Crippen LogP contribution in [0.25, 0.3) is 0 Å². The number of halogens is 1. The average Bonchev–Trinajstić information content (AvgIpc) is 2.72. The molecule has 0 aromatic heterocycles. The molecular weight excluding hydrogens is 237 g/mol. The van der Waals surface area contributed by atoms with Gasteiger partial charge in [0.25, 0.3) is 0 Å². The number of carbonyl (C=O) groups is 2. The highest BCUT2D eigenvalue weighted by Gasteiger charge is 2.40. The average molecular weight is 251 g/mol. The highest BCUT2D eigenvalue weighted by molar-refractivity contribution is 5.90. The van der Waals surface area contributed by atoms with Crippen LogP contribution in [0.5, 0.6) is 0 Å². The van der Waals surface area contributed by atoms with Crippen molar-refractivity contribution in [2.75, 3.05) is 6.61 Å². The summed E-state index contributed by atoms with van der Waals surface area (Å²) in [6.45, 7) is 1.92. The molecule has 0 aliphatic carbocycles. The van der Waals surface area contributed by atoms with Crippen molar-refractivity contribution in [3.05, 3.63) is 35.6 Å². The standard InChI is InChI=1S/C13H14FNO3/c1-2-18-13(17)12-9(7-11(16)15-12)8-5-3-4-6-10(8)14/h3-6,9,12H,2,7H2,1H3,(H,15,16). The molecule has 0 bridgehead atoms. The smallest absolute Gasteiger partial charge is 0.329 e. The zero-order valence-electron chi connectivity index (χ0n) is 9.98. The van der Waals surface area contributed by atoms with Gasteiger partial charge in [0.15, 0.2) is 0 Å². The molecule has 1 heterocycles. The van der Waals surface area contributed by atoms with E-state index in [0.29, 0.717) is 5.56 Å². The van der Waals surface area contributed by atoms with E-state index >= 15 is 0 Å². The van der Waals surface area contributed by atoms with Crippen molar-refractivity contribution in [2.45, 2.75) is 25.3 Å². The van der Waals surface area contributed by atoms with Gasteiger partial charge in [-0.15, -0.1) is 0 Å². The van der Waals surface area contributed by atoms with E-state index in [0.717, 1.165) is 0 Å². The van der Waals surface area contributed by atoms with E-state index in [1.807, 2.05) is 0 Å². The molecule has 1 aliphatic rings. The Balaban J connectivity index is 2.28. The molecule has 1 aromatic carbocycles. The van der Waals surface area contributed by atoms with Crippen LogP contribution in [0.1, 0.15) is 24.8 Å². The summed E-state index contributed by atoms with van der Waals surface area (Å²) in [6, 6.07) is 5.37. The Kier molecular flexibility index (Phi) is 3.60. The van der Waals surface area contributed by atoms with Crippen LogP contribution in [-0.4, -0.2) is 24.5 Å². The van der Waals surface area contributed by atoms with Gasteiger partial charge >= 0.3 is 5.97 Å². The second-order valence-electron chi connectivity index (χ2n) is 4.13. The SMILES string of the molecule is CCOC(=O)C1NC(=O)CC1c1ccccc1F. The fourth-order valence-electron chi connectivity index (χ4n) is 2.17. The number of hydrogen-bond acceptors (Lipinski definition) is 3. The molecule has 0 spiro atoms. The van der Waals surface area contributed by atoms with Gasteiger partial charge in [-0.05, 0) is 18.6 Å². The van der Waals surface area contributed by atoms with Crippen LogP contribution in [0.15, 0.2) is 24.3 Å².